The minimum Gasteiger partial charge on any atom is -0.481 e. The molecule has 0 unspecified atom stereocenters. The molecule has 0 rings (SSSR count). The standard InChI is InChI=1S/C17H34.C2H4O2/c1-3-5-7-9-11-13-15-17-16-14-12-10-8-6-4-2;1-2(3)4/h11,13H,3-10,12,14-17H2,1-2H3;1H3,(H,3,4)/b13-11-;. The van der Waals surface area contributed by atoms with Crippen molar-refractivity contribution >= 4 is 5.97 Å². The van der Waals surface area contributed by atoms with E-state index in [9.17, 15) is 0 Å². The van der Waals surface area contributed by atoms with Crippen LogP contribution in [0.4, 0.5) is 0 Å². The van der Waals surface area contributed by atoms with Gasteiger partial charge in [-0.1, -0.05) is 83.8 Å². The summed E-state index contributed by atoms with van der Waals surface area (Å²) in [5, 5.41) is 7.42. The van der Waals surface area contributed by atoms with Crippen LogP contribution in [0.1, 0.15) is 104 Å². The summed E-state index contributed by atoms with van der Waals surface area (Å²) in [7, 11) is 0. The van der Waals surface area contributed by atoms with Gasteiger partial charge in [-0.25, -0.2) is 0 Å². The second-order valence-electron chi connectivity index (χ2n) is 5.75. The maximum Gasteiger partial charge on any atom is 0.300 e. The fourth-order valence-electron chi connectivity index (χ4n) is 2.14. The van der Waals surface area contributed by atoms with Crippen LogP contribution in [-0.4, -0.2) is 11.1 Å². The van der Waals surface area contributed by atoms with Crippen LogP contribution in [0.25, 0.3) is 0 Å². The Morgan fingerprint density at radius 1 is 0.714 bits per heavy atom. The van der Waals surface area contributed by atoms with Gasteiger partial charge in [0, 0.05) is 6.92 Å². The molecule has 0 aromatic carbocycles. The van der Waals surface area contributed by atoms with E-state index in [-0.39, 0.29) is 0 Å². The minimum atomic E-state index is -0.833. The third-order valence-corrected chi connectivity index (χ3v) is 3.37. The molecule has 0 aromatic heterocycles. The number of rotatable bonds is 13. The van der Waals surface area contributed by atoms with E-state index in [2.05, 4.69) is 26.0 Å². The summed E-state index contributed by atoms with van der Waals surface area (Å²) < 4.78 is 0. The molecule has 0 saturated heterocycles. The number of carbonyl (C=O) groups is 1. The van der Waals surface area contributed by atoms with E-state index in [1.165, 1.54) is 83.5 Å². The van der Waals surface area contributed by atoms with Crippen molar-refractivity contribution in [3.8, 4) is 0 Å². The molecule has 2 heteroatoms. The van der Waals surface area contributed by atoms with Crippen molar-refractivity contribution in [2.45, 2.75) is 104 Å². The molecule has 0 aliphatic rings. The highest BCUT2D eigenvalue weighted by Crippen LogP contribution is 2.10. The van der Waals surface area contributed by atoms with E-state index in [1.54, 1.807) is 0 Å². The lowest BCUT2D eigenvalue weighted by atomic mass is 10.1. The molecule has 2 nitrogen and oxygen atoms in total. The van der Waals surface area contributed by atoms with Crippen LogP contribution < -0.4 is 0 Å². The molecule has 0 heterocycles. The Kier molecular flexibility index (Phi) is 23.0. The zero-order valence-corrected chi connectivity index (χ0v) is 14.7. The zero-order valence-electron chi connectivity index (χ0n) is 14.7. The van der Waals surface area contributed by atoms with Gasteiger partial charge in [0.2, 0.25) is 0 Å². The lowest BCUT2D eigenvalue weighted by Crippen LogP contribution is -1.80. The summed E-state index contributed by atoms with van der Waals surface area (Å²) in [4.78, 5) is 9.00. The molecule has 0 aromatic rings. The number of carboxylic acids is 1. The van der Waals surface area contributed by atoms with E-state index in [0.29, 0.717) is 0 Å². The fraction of sp³-hybridized carbons (Fsp3) is 0.842. The number of hydrogen-bond donors (Lipinski definition) is 1. The van der Waals surface area contributed by atoms with Gasteiger partial charge in [0.1, 0.15) is 0 Å². The van der Waals surface area contributed by atoms with Crippen LogP contribution in [0.2, 0.25) is 0 Å². The van der Waals surface area contributed by atoms with Crippen molar-refractivity contribution in [3.63, 3.8) is 0 Å². The molecule has 0 fully saturated rings. The Balaban J connectivity index is 0. The van der Waals surface area contributed by atoms with Crippen molar-refractivity contribution in [2.75, 3.05) is 0 Å². The van der Waals surface area contributed by atoms with Crippen LogP contribution >= 0.6 is 0 Å². The van der Waals surface area contributed by atoms with Crippen LogP contribution in [0, 0.1) is 0 Å². The maximum absolute atomic E-state index is 9.00. The van der Waals surface area contributed by atoms with Crippen molar-refractivity contribution in [1.82, 2.24) is 0 Å². The molecule has 1 N–H and O–H groups in total. The molecule has 0 aliphatic carbocycles. The first kappa shape index (κ1) is 22.5. The van der Waals surface area contributed by atoms with Gasteiger partial charge < -0.3 is 5.11 Å². The van der Waals surface area contributed by atoms with Crippen molar-refractivity contribution in [1.29, 1.82) is 0 Å². The van der Waals surface area contributed by atoms with Crippen molar-refractivity contribution in [2.24, 2.45) is 0 Å². The molecular formula is C19H38O2. The summed E-state index contributed by atoms with van der Waals surface area (Å²) in [6.45, 7) is 5.64. The molecule has 0 saturated carbocycles. The Morgan fingerprint density at radius 2 is 1.00 bits per heavy atom. The first-order valence-electron chi connectivity index (χ1n) is 8.99. The van der Waals surface area contributed by atoms with E-state index in [1.807, 2.05) is 0 Å². The lowest BCUT2D eigenvalue weighted by Gasteiger charge is -1.99. The van der Waals surface area contributed by atoms with E-state index < -0.39 is 5.97 Å². The summed E-state index contributed by atoms with van der Waals surface area (Å²) in [5.41, 5.74) is 0. The molecular weight excluding hydrogens is 260 g/mol. The van der Waals surface area contributed by atoms with Gasteiger partial charge in [-0.15, -0.1) is 0 Å². The molecule has 126 valence electrons. The summed E-state index contributed by atoms with van der Waals surface area (Å²) >= 11 is 0. The van der Waals surface area contributed by atoms with Gasteiger partial charge >= 0.3 is 0 Å². The van der Waals surface area contributed by atoms with Gasteiger partial charge in [-0.05, 0) is 25.7 Å². The first-order valence-corrected chi connectivity index (χ1v) is 8.99. The smallest absolute Gasteiger partial charge is 0.300 e. The molecule has 21 heavy (non-hydrogen) atoms. The lowest BCUT2D eigenvalue weighted by molar-refractivity contribution is -0.134. The third-order valence-electron chi connectivity index (χ3n) is 3.37. The zero-order chi connectivity index (χ0) is 16.2. The SMILES string of the molecule is CC(=O)O.CCCCC/C=C\CCCCCCCCCC. The number of allylic oxidation sites excluding steroid dienone is 2. The quantitative estimate of drug-likeness (QED) is 0.302. The molecule has 0 amide bonds. The Morgan fingerprint density at radius 3 is 1.43 bits per heavy atom. The van der Waals surface area contributed by atoms with Gasteiger partial charge in [-0.3, -0.25) is 4.79 Å². The largest absolute Gasteiger partial charge is 0.481 e. The Hall–Kier alpha value is -0.790. The number of unbranched alkanes of at least 4 members (excludes halogenated alkanes) is 11. The van der Waals surface area contributed by atoms with Gasteiger partial charge in [0.25, 0.3) is 5.97 Å². The number of aliphatic carboxylic acids is 1. The predicted molar refractivity (Wildman–Crippen MR) is 93.8 cm³/mol. The number of hydrogen-bond acceptors (Lipinski definition) is 1. The molecule has 0 spiro atoms. The second kappa shape index (κ2) is 21.5. The average molecular weight is 299 g/mol. The fourth-order valence-corrected chi connectivity index (χ4v) is 2.14. The van der Waals surface area contributed by atoms with E-state index >= 15 is 0 Å². The minimum absolute atomic E-state index is 0.833. The van der Waals surface area contributed by atoms with Crippen molar-refractivity contribution < 1.29 is 9.90 Å². The van der Waals surface area contributed by atoms with Crippen LogP contribution in [0.15, 0.2) is 12.2 Å². The molecule has 0 aliphatic heterocycles. The summed E-state index contributed by atoms with van der Waals surface area (Å²) in [5.74, 6) is -0.833. The van der Waals surface area contributed by atoms with E-state index in [4.69, 9.17) is 9.90 Å². The maximum atomic E-state index is 9.00. The van der Waals surface area contributed by atoms with Gasteiger partial charge in [-0.2, -0.15) is 0 Å². The molecule has 0 bridgehead atoms. The number of carboxylic acid groups (broad SMARTS) is 1. The van der Waals surface area contributed by atoms with Crippen LogP contribution in [-0.2, 0) is 4.79 Å². The highest BCUT2D eigenvalue weighted by Gasteiger charge is 1.90. The first-order chi connectivity index (χ1) is 10.1. The highest BCUT2D eigenvalue weighted by molar-refractivity contribution is 5.62. The molecule has 0 radical (unpaired) electrons. The summed E-state index contributed by atoms with van der Waals surface area (Å²) in [6.07, 6.45) is 22.9. The Bertz CT molecular complexity index is 218. The van der Waals surface area contributed by atoms with Crippen LogP contribution in [0.5, 0.6) is 0 Å². The Labute approximate surface area is 133 Å². The molecule has 0 atom stereocenters. The summed E-state index contributed by atoms with van der Waals surface area (Å²) in [6, 6.07) is 0. The normalized spacial score (nSPS) is 10.4. The van der Waals surface area contributed by atoms with E-state index in [0.717, 1.165) is 6.92 Å². The highest BCUT2D eigenvalue weighted by atomic mass is 16.4. The van der Waals surface area contributed by atoms with Gasteiger partial charge in [0.15, 0.2) is 0 Å². The topological polar surface area (TPSA) is 37.3 Å². The predicted octanol–water partition coefficient (Wildman–Crippen LogP) is 6.74. The van der Waals surface area contributed by atoms with Gasteiger partial charge in [0.05, 0.1) is 0 Å². The third kappa shape index (κ3) is 32.6. The second-order valence-corrected chi connectivity index (χ2v) is 5.75. The van der Waals surface area contributed by atoms with Crippen molar-refractivity contribution in [3.05, 3.63) is 12.2 Å². The monoisotopic (exact) mass is 298 g/mol. The van der Waals surface area contributed by atoms with Crippen LogP contribution in [0.3, 0.4) is 0 Å². The average Bonchev–Trinajstić information content (AvgIpc) is 2.43.